The summed E-state index contributed by atoms with van der Waals surface area (Å²) in [5.74, 6) is 0.0898. The van der Waals surface area contributed by atoms with E-state index in [4.69, 9.17) is 4.74 Å². The number of carbonyl (C=O) groups is 2. The van der Waals surface area contributed by atoms with Gasteiger partial charge >= 0.3 is 0 Å². The maximum Gasteiger partial charge on any atom is 0.251 e. The maximum atomic E-state index is 13.1. The molecule has 2 unspecified atom stereocenters. The molecule has 0 fully saturated rings. The minimum atomic E-state index is -0.694. The standard InChI is InChI=1S/C27H34N4O3S/c1-5-7-8-10-19-13-15-20(16-14-19)24(32)28-23(18(3)6-2)25(33)29-27-31-30-26(35-27)21-11-9-12-22(17-21)34-4/h9,11-18,23H,5-8,10H2,1-4H3,(H,28,32)(H,29,31,33). The van der Waals surface area contributed by atoms with E-state index in [0.29, 0.717) is 15.7 Å². The minimum absolute atomic E-state index is 0.0574. The second kappa shape index (κ2) is 13.0. The van der Waals surface area contributed by atoms with Crippen LogP contribution >= 0.6 is 11.3 Å². The zero-order chi connectivity index (χ0) is 25.2. The molecule has 1 aromatic heterocycles. The van der Waals surface area contributed by atoms with Crippen LogP contribution in [-0.4, -0.2) is 35.2 Å². The van der Waals surface area contributed by atoms with Gasteiger partial charge in [-0.05, 0) is 48.6 Å². The Kier molecular flexibility index (Phi) is 9.78. The Labute approximate surface area is 211 Å². The number of nitrogens with one attached hydrogen (secondary N) is 2. The summed E-state index contributed by atoms with van der Waals surface area (Å²) in [6, 6.07) is 14.4. The van der Waals surface area contributed by atoms with Crippen molar-refractivity contribution in [1.82, 2.24) is 15.5 Å². The third-order valence-electron chi connectivity index (χ3n) is 6.04. The second-order valence-corrected chi connectivity index (χ2v) is 9.60. The lowest BCUT2D eigenvalue weighted by Gasteiger charge is -2.23. The second-order valence-electron chi connectivity index (χ2n) is 8.62. The number of ether oxygens (including phenoxy) is 1. The Hall–Kier alpha value is -3.26. The fourth-order valence-electron chi connectivity index (χ4n) is 3.66. The quantitative estimate of drug-likeness (QED) is 0.314. The summed E-state index contributed by atoms with van der Waals surface area (Å²) in [5.41, 5.74) is 2.61. The Morgan fingerprint density at radius 1 is 1.06 bits per heavy atom. The number of carbonyl (C=O) groups excluding carboxylic acids is 2. The molecule has 2 atom stereocenters. The van der Waals surface area contributed by atoms with Crippen LogP contribution < -0.4 is 15.4 Å². The molecular weight excluding hydrogens is 460 g/mol. The number of rotatable bonds is 12. The van der Waals surface area contributed by atoms with Gasteiger partial charge in [0, 0.05) is 11.1 Å². The van der Waals surface area contributed by atoms with Gasteiger partial charge in [-0.25, -0.2) is 0 Å². The average molecular weight is 495 g/mol. The first kappa shape index (κ1) is 26.3. The molecule has 0 spiro atoms. The summed E-state index contributed by atoms with van der Waals surface area (Å²) in [5, 5.41) is 15.1. The van der Waals surface area contributed by atoms with Crippen molar-refractivity contribution in [2.75, 3.05) is 12.4 Å². The average Bonchev–Trinajstić information content (AvgIpc) is 3.35. The highest BCUT2D eigenvalue weighted by Gasteiger charge is 2.27. The molecule has 0 aliphatic carbocycles. The molecule has 2 aromatic carbocycles. The van der Waals surface area contributed by atoms with Gasteiger partial charge in [0.05, 0.1) is 7.11 Å². The van der Waals surface area contributed by atoms with Gasteiger partial charge < -0.3 is 10.1 Å². The highest BCUT2D eigenvalue weighted by molar-refractivity contribution is 7.18. The van der Waals surface area contributed by atoms with Crippen molar-refractivity contribution in [3.8, 4) is 16.3 Å². The van der Waals surface area contributed by atoms with Gasteiger partial charge in [-0.3, -0.25) is 14.9 Å². The van der Waals surface area contributed by atoms with E-state index in [1.54, 1.807) is 7.11 Å². The molecule has 8 heteroatoms. The normalized spacial score (nSPS) is 12.6. The molecule has 0 saturated carbocycles. The van der Waals surface area contributed by atoms with Crippen LogP contribution in [0.25, 0.3) is 10.6 Å². The van der Waals surface area contributed by atoms with Crippen molar-refractivity contribution in [2.24, 2.45) is 5.92 Å². The number of amides is 2. The first-order chi connectivity index (χ1) is 16.9. The Morgan fingerprint density at radius 3 is 2.51 bits per heavy atom. The van der Waals surface area contributed by atoms with Crippen LogP contribution in [0.15, 0.2) is 48.5 Å². The van der Waals surface area contributed by atoms with E-state index in [9.17, 15) is 9.59 Å². The van der Waals surface area contributed by atoms with Crippen molar-refractivity contribution in [3.05, 3.63) is 59.7 Å². The molecule has 186 valence electrons. The van der Waals surface area contributed by atoms with Crippen LogP contribution in [0.5, 0.6) is 5.75 Å². The van der Waals surface area contributed by atoms with E-state index in [-0.39, 0.29) is 17.7 Å². The van der Waals surface area contributed by atoms with Gasteiger partial charge in [0.25, 0.3) is 5.91 Å². The molecule has 7 nitrogen and oxygen atoms in total. The SMILES string of the molecule is CCCCCc1ccc(C(=O)NC(C(=O)Nc2nnc(-c3cccc(OC)c3)s2)C(C)CC)cc1. The molecule has 3 rings (SSSR count). The van der Waals surface area contributed by atoms with Gasteiger partial charge in [0.1, 0.15) is 16.8 Å². The van der Waals surface area contributed by atoms with E-state index in [0.717, 1.165) is 30.6 Å². The monoisotopic (exact) mass is 494 g/mol. The molecule has 0 aliphatic heterocycles. The van der Waals surface area contributed by atoms with Gasteiger partial charge in [0.2, 0.25) is 11.0 Å². The third-order valence-corrected chi connectivity index (χ3v) is 6.93. The number of benzene rings is 2. The molecule has 2 N–H and O–H groups in total. The molecule has 1 heterocycles. The number of unbranched alkanes of at least 4 members (excludes halogenated alkanes) is 2. The number of methoxy groups -OCH3 is 1. The van der Waals surface area contributed by atoms with Crippen molar-refractivity contribution in [2.45, 2.75) is 58.9 Å². The van der Waals surface area contributed by atoms with Crippen LogP contribution in [0.4, 0.5) is 5.13 Å². The van der Waals surface area contributed by atoms with E-state index < -0.39 is 6.04 Å². The number of anilines is 1. The zero-order valence-corrected chi connectivity index (χ0v) is 21.7. The summed E-state index contributed by atoms with van der Waals surface area (Å²) in [6.45, 7) is 6.12. The predicted octanol–water partition coefficient (Wildman–Crippen LogP) is 5.73. The largest absolute Gasteiger partial charge is 0.497 e. The molecule has 0 aliphatic rings. The first-order valence-electron chi connectivity index (χ1n) is 12.1. The van der Waals surface area contributed by atoms with Crippen molar-refractivity contribution in [3.63, 3.8) is 0 Å². The summed E-state index contributed by atoms with van der Waals surface area (Å²) >= 11 is 1.27. The van der Waals surface area contributed by atoms with E-state index in [1.165, 1.54) is 29.7 Å². The fraction of sp³-hybridized carbons (Fsp3) is 0.407. The number of nitrogens with zero attached hydrogens (tertiary/aromatic N) is 2. The smallest absolute Gasteiger partial charge is 0.251 e. The molecular formula is C27H34N4O3S. The van der Waals surface area contributed by atoms with Gasteiger partial charge in [-0.15, -0.1) is 10.2 Å². The van der Waals surface area contributed by atoms with Crippen LogP contribution in [0.1, 0.15) is 62.4 Å². The Morgan fingerprint density at radius 2 is 1.83 bits per heavy atom. The van der Waals surface area contributed by atoms with Gasteiger partial charge in [-0.1, -0.05) is 75.6 Å². The Bertz CT molecular complexity index is 1110. The highest BCUT2D eigenvalue weighted by Crippen LogP contribution is 2.29. The number of hydrogen-bond donors (Lipinski definition) is 2. The molecule has 2 amide bonds. The first-order valence-corrected chi connectivity index (χ1v) is 12.9. The molecule has 0 bridgehead atoms. The lowest BCUT2D eigenvalue weighted by atomic mass is 9.97. The van der Waals surface area contributed by atoms with Crippen LogP contribution in [0, 0.1) is 5.92 Å². The van der Waals surface area contributed by atoms with Crippen molar-refractivity contribution in [1.29, 1.82) is 0 Å². The number of hydrogen-bond acceptors (Lipinski definition) is 6. The zero-order valence-electron chi connectivity index (χ0n) is 20.8. The number of aromatic nitrogens is 2. The van der Waals surface area contributed by atoms with E-state index in [2.05, 4.69) is 27.8 Å². The summed E-state index contributed by atoms with van der Waals surface area (Å²) in [4.78, 5) is 26.0. The summed E-state index contributed by atoms with van der Waals surface area (Å²) < 4.78 is 5.27. The van der Waals surface area contributed by atoms with Crippen LogP contribution in [0.3, 0.4) is 0 Å². The topological polar surface area (TPSA) is 93.2 Å². The van der Waals surface area contributed by atoms with E-state index >= 15 is 0 Å². The molecule has 0 radical (unpaired) electrons. The lowest BCUT2D eigenvalue weighted by molar-refractivity contribution is -0.119. The van der Waals surface area contributed by atoms with Gasteiger partial charge in [-0.2, -0.15) is 0 Å². The molecule has 0 saturated heterocycles. The minimum Gasteiger partial charge on any atom is -0.497 e. The summed E-state index contributed by atoms with van der Waals surface area (Å²) in [7, 11) is 1.61. The van der Waals surface area contributed by atoms with Crippen molar-refractivity contribution < 1.29 is 14.3 Å². The lowest BCUT2D eigenvalue weighted by Crippen LogP contribution is -2.47. The number of aryl methyl sites for hydroxylation is 1. The van der Waals surface area contributed by atoms with Crippen molar-refractivity contribution >= 4 is 28.3 Å². The third kappa shape index (κ3) is 7.36. The Balaban J connectivity index is 1.66. The highest BCUT2D eigenvalue weighted by atomic mass is 32.1. The fourth-order valence-corrected chi connectivity index (χ4v) is 4.40. The van der Waals surface area contributed by atoms with Crippen LogP contribution in [0.2, 0.25) is 0 Å². The molecule has 3 aromatic rings. The van der Waals surface area contributed by atoms with Crippen LogP contribution in [-0.2, 0) is 11.2 Å². The van der Waals surface area contributed by atoms with E-state index in [1.807, 2.05) is 62.4 Å². The summed E-state index contributed by atoms with van der Waals surface area (Å²) in [6.07, 6.45) is 5.26. The maximum absolute atomic E-state index is 13.1. The predicted molar refractivity (Wildman–Crippen MR) is 141 cm³/mol. The van der Waals surface area contributed by atoms with Gasteiger partial charge in [0.15, 0.2) is 0 Å². The molecule has 35 heavy (non-hydrogen) atoms.